The fraction of sp³-hybridized carbons (Fsp3) is 0.412. The summed E-state index contributed by atoms with van der Waals surface area (Å²) in [5, 5.41) is 13.7. The molecule has 0 fully saturated rings. The highest BCUT2D eigenvalue weighted by molar-refractivity contribution is 7.62. The van der Waals surface area contributed by atoms with Gasteiger partial charge in [0.05, 0.1) is 0 Å². The minimum atomic E-state index is -5.22. The first-order chi connectivity index (χ1) is 38.3. The molecule has 0 aliphatic carbocycles. The fourth-order valence-corrected chi connectivity index (χ4v) is 11.4. The van der Waals surface area contributed by atoms with Crippen molar-refractivity contribution in [2.45, 2.75) is 187 Å². The Bertz CT molecular complexity index is 2530. The number of phosphoric acid groups is 2. The van der Waals surface area contributed by atoms with Gasteiger partial charge in [0.2, 0.25) is 0 Å². The van der Waals surface area contributed by atoms with Crippen molar-refractivity contribution < 1.29 is 31.5 Å². The molecule has 0 aromatic heterocycles. The molecule has 4 unspecified atom stereocenters. The number of phosphoric ester groups is 2. The fourth-order valence-electron chi connectivity index (χ4n) is 8.18. The summed E-state index contributed by atoms with van der Waals surface area (Å²) in [5.74, 6) is 0. The number of allylic oxidation sites excluding steroid dienone is 12. The maximum atomic E-state index is 16.7. The van der Waals surface area contributed by atoms with Gasteiger partial charge >= 0.3 is 15.6 Å². The monoisotopic (exact) mass is 1140 g/mol. The van der Waals surface area contributed by atoms with Gasteiger partial charge in [0.1, 0.15) is 0 Å². The third-order valence-corrected chi connectivity index (χ3v) is 16.3. The molecule has 4 aromatic rings. The number of hydrogen-bond donors (Lipinski definition) is 4. The molecule has 4 N–H and O–H groups in total. The second-order valence-electron chi connectivity index (χ2n) is 22.5. The van der Waals surface area contributed by atoms with Gasteiger partial charge in [-0.15, -0.1) is 0 Å². The van der Waals surface area contributed by atoms with Gasteiger partial charge in [-0.2, -0.15) is 4.31 Å². The van der Waals surface area contributed by atoms with Gasteiger partial charge in [0.15, 0.2) is 24.9 Å². The summed E-state index contributed by atoms with van der Waals surface area (Å²) in [6.45, 7) is 32.6. The van der Waals surface area contributed by atoms with Crippen molar-refractivity contribution in [3.05, 3.63) is 213 Å². The summed E-state index contributed by atoms with van der Waals surface area (Å²) in [5.41, 5.74) is 15.5. The van der Waals surface area contributed by atoms with Crippen LogP contribution in [0.2, 0.25) is 0 Å². The van der Waals surface area contributed by atoms with Crippen LogP contribution in [0.5, 0.6) is 0 Å². The average molecular weight is 1140 g/mol. The van der Waals surface area contributed by atoms with Gasteiger partial charge in [0, 0.05) is 22.7 Å². The van der Waals surface area contributed by atoms with E-state index >= 15 is 9.13 Å². The topological polar surface area (TPSA) is 128 Å². The van der Waals surface area contributed by atoms with Crippen molar-refractivity contribution in [3.63, 3.8) is 0 Å². The lowest BCUT2D eigenvalue weighted by Crippen LogP contribution is -2.28. The van der Waals surface area contributed by atoms with Crippen LogP contribution in [0.25, 0.3) is 0 Å². The Morgan fingerprint density at radius 3 is 0.704 bits per heavy atom. The van der Waals surface area contributed by atoms with Crippen molar-refractivity contribution in [3.8, 4) is 0 Å². The molecule has 0 saturated heterocycles. The molecule has 0 aliphatic heterocycles. The Balaban J connectivity index is 2.07. The predicted octanol–water partition coefficient (Wildman–Crippen LogP) is 21.0. The van der Waals surface area contributed by atoms with Crippen molar-refractivity contribution in [1.82, 2.24) is 0 Å². The molecule has 0 saturated carbocycles. The Morgan fingerprint density at radius 1 is 0.346 bits per heavy atom. The van der Waals surface area contributed by atoms with Gasteiger partial charge in [-0.3, -0.25) is 18.1 Å². The minimum Gasteiger partial charge on any atom is -0.356 e. The number of nitrogens with one attached hydrogen (secondary N) is 4. The van der Waals surface area contributed by atoms with Crippen LogP contribution in [-0.4, -0.2) is 24.9 Å². The molecular weight excluding hydrogens is 1050 g/mol. The van der Waals surface area contributed by atoms with Crippen LogP contribution in [0, 0.1) is 27.7 Å². The Kier molecular flexibility index (Phi) is 29.0. The predicted molar refractivity (Wildman–Crippen MR) is 345 cm³/mol. The lowest BCUT2D eigenvalue weighted by atomic mass is 10.1. The Morgan fingerprint density at radius 2 is 0.531 bits per heavy atom. The van der Waals surface area contributed by atoms with E-state index in [9.17, 15) is 0 Å². The summed E-state index contributed by atoms with van der Waals surface area (Å²) in [7, 11) is -10.4. The highest BCUT2D eigenvalue weighted by atomic mass is 31.3. The molecule has 4 atom stereocenters. The van der Waals surface area contributed by atoms with E-state index < -0.39 is 40.6 Å². The number of anilines is 4. The van der Waals surface area contributed by atoms with Crippen molar-refractivity contribution in [2.24, 2.45) is 0 Å². The molecule has 440 valence electrons. The van der Waals surface area contributed by atoms with Crippen molar-refractivity contribution in [1.29, 1.82) is 0 Å². The van der Waals surface area contributed by atoms with E-state index in [-0.39, 0.29) is 0 Å². The SMILES string of the molecule is CC(C)=CCC/C(C)=C/C(Nc1ccc(C)cc1)OP(=O)(OC(/C=C(\C)CCC=C(C)C)Nc1ccc(C)cc1)OP(=O)(OC(/C=C(\C)CCC=C(C)C)Nc1ccc(C)cc1)OC(/C=C(\C)CCC=C(C)C)Nc1ccc(C)cc1. The standard InChI is InChI=1S/C68H96N4O7P2/c1-49(2)21-17-25-57(13)45-65(69-61-37-29-53(9)30-38-61)75-80(73,76-66(46-58(14)26-18-22-50(3)4)70-62-39-31-54(10)32-40-62)79-81(74,77-67(47-59(15)27-19-23-51(5)6)71-63-41-33-55(11)34-42-63)78-68(48-60(16)28-20-24-52(7)8)72-64-43-35-56(12)36-44-64/h21-24,29-48,65-72H,17-20,25-28H2,1-16H3/b57-45+,58-46+,59-47+,60-48+. The normalized spacial score (nSPS) is 15.2. The smallest absolute Gasteiger partial charge is 0.356 e. The van der Waals surface area contributed by atoms with Gasteiger partial charge in [-0.05, 0) is 235 Å². The van der Waals surface area contributed by atoms with Crippen molar-refractivity contribution in [2.75, 3.05) is 21.3 Å². The summed E-state index contributed by atoms with van der Waals surface area (Å²) >= 11 is 0. The van der Waals surface area contributed by atoms with E-state index in [1.165, 1.54) is 22.3 Å². The molecule has 0 amide bonds. The minimum absolute atomic E-state index is 0.678. The second kappa shape index (κ2) is 34.6. The number of benzene rings is 4. The zero-order chi connectivity index (χ0) is 59.5. The van der Waals surface area contributed by atoms with E-state index in [0.29, 0.717) is 48.4 Å². The number of aryl methyl sites for hydroxylation is 4. The van der Waals surface area contributed by atoms with E-state index in [0.717, 1.165) is 70.2 Å². The van der Waals surface area contributed by atoms with Gasteiger partial charge in [-0.25, -0.2) is 9.13 Å². The molecule has 0 aliphatic rings. The summed E-state index contributed by atoms with van der Waals surface area (Å²) < 4.78 is 67.2. The van der Waals surface area contributed by atoms with E-state index in [1.54, 1.807) is 0 Å². The molecule has 13 heteroatoms. The Labute approximate surface area is 488 Å². The van der Waals surface area contributed by atoms with E-state index in [1.807, 2.05) is 177 Å². The van der Waals surface area contributed by atoms with Crippen LogP contribution in [0.3, 0.4) is 0 Å². The molecular formula is C68H96N4O7P2. The highest BCUT2D eigenvalue weighted by Crippen LogP contribution is 2.68. The third kappa shape index (κ3) is 28.7. The van der Waals surface area contributed by atoms with Crippen molar-refractivity contribution >= 4 is 38.4 Å². The molecule has 11 nitrogen and oxygen atoms in total. The average Bonchev–Trinajstić information content (AvgIpc) is 3.36. The molecule has 4 aromatic carbocycles. The Hall–Kier alpha value is -5.74. The van der Waals surface area contributed by atoms with E-state index in [2.05, 4.69) is 101 Å². The molecule has 0 spiro atoms. The number of hydrogen-bond acceptors (Lipinski definition) is 11. The first-order valence-electron chi connectivity index (χ1n) is 28.5. The zero-order valence-corrected chi connectivity index (χ0v) is 53.4. The first kappa shape index (κ1) is 67.8. The van der Waals surface area contributed by atoms with Crippen LogP contribution in [0.15, 0.2) is 190 Å². The maximum absolute atomic E-state index is 16.7. The van der Waals surface area contributed by atoms with Gasteiger partial charge in [-0.1, -0.05) is 140 Å². The number of rotatable bonds is 34. The van der Waals surface area contributed by atoms with Crippen LogP contribution in [0.1, 0.15) is 157 Å². The third-order valence-electron chi connectivity index (χ3n) is 12.7. The van der Waals surface area contributed by atoms with Crippen LogP contribution in [-0.2, 0) is 31.5 Å². The largest absolute Gasteiger partial charge is 0.488 e. The lowest BCUT2D eigenvalue weighted by molar-refractivity contribution is 0.0825. The van der Waals surface area contributed by atoms with E-state index in [4.69, 9.17) is 22.4 Å². The van der Waals surface area contributed by atoms with Gasteiger partial charge < -0.3 is 21.3 Å². The van der Waals surface area contributed by atoms with Crippen LogP contribution >= 0.6 is 15.6 Å². The molecule has 4 rings (SSSR count). The molecule has 0 heterocycles. The summed E-state index contributed by atoms with van der Waals surface area (Å²) in [4.78, 5) is 0. The maximum Gasteiger partial charge on any atom is 0.488 e. The second-order valence-corrected chi connectivity index (χ2v) is 25.7. The summed E-state index contributed by atoms with van der Waals surface area (Å²) in [6, 6.07) is 31.2. The lowest BCUT2D eigenvalue weighted by Gasteiger charge is -2.32. The zero-order valence-electron chi connectivity index (χ0n) is 51.6. The first-order valence-corrected chi connectivity index (χ1v) is 31.5. The summed E-state index contributed by atoms with van der Waals surface area (Å²) in [6.07, 6.45) is 17.3. The highest BCUT2D eigenvalue weighted by Gasteiger charge is 2.46. The molecule has 0 bridgehead atoms. The van der Waals surface area contributed by atoms with Crippen LogP contribution < -0.4 is 21.3 Å². The molecule has 81 heavy (non-hydrogen) atoms. The quantitative estimate of drug-likeness (QED) is 0.0203. The molecule has 0 radical (unpaired) electrons. The van der Waals surface area contributed by atoms with Crippen LogP contribution in [0.4, 0.5) is 22.7 Å². The van der Waals surface area contributed by atoms with Gasteiger partial charge in [0.25, 0.3) is 0 Å².